The van der Waals surface area contributed by atoms with Crippen molar-refractivity contribution in [2.24, 2.45) is 0 Å². The summed E-state index contributed by atoms with van der Waals surface area (Å²) < 4.78 is 38.9. The second-order valence-corrected chi connectivity index (χ2v) is 6.44. The lowest BCUT2D eigenvalue weighted by Gasteiger charge is -2.26. The number of hydrogen-bond donors (Lipinski definition) is 1. The van der Waals surface area contributed by atoms with Crippen LogP contribution < -0.4 is 5.32 Å². The summed E-state index contributed by atoms with van der Waals surface area (Å²) in [6.07, 6.45) is 2.63. The molecule has 114 valence electrons. The Morgan fingerprint density at radius 3 is 2.40 bits per heavy atom. The topological polar surface area (TPSA) is 29.1 Å². The normalized spacial score (nSPS) is 15.8. The fourth-order valence-electron chi connectivity index (χ4n) is 2.35. The van der Waals surface area contributed by atoms with Crippen molar-refractivity contribution < 1.29 is 13.0 Å². The molecule has 0 saturated carbocycles. The first kappa shape index (κ1) is 17.2. The van der Waals surface area contributed by atoms with Gasteiger partial charge in [-0.2, -0.15) is 0 Å². The summed E-state index contributed by atoms with van der Waals surface area (Å²) in [6.45, 7) is 6.87. The molecular weight excluding hydrogens is 280 g/mol. The van der Waals surface area contributed by atoms with Crippen LogP contribution in [-0.4, -0.2) is 22.0 Å². The third kappa shape index (κ3) is 4.35. The highest BCUT2D eigenvalue weighted by Gasteiger charge is 2.25. The number of halogens is 2. The minimum atomic E-state index is -1.34. The molecule has 5 heteroatoms. The van der Waals surface area contributed by atoms with Crippen LogP contribution in [0.5, 0.6) is 0 Å². The quantitative estimate of drug-likeness (QED) is 0.794. The van der Waals surface area contributed by atoms with Gasteiger partial charge in [-0.05, 0) is 37.6 Å². The Morgan fingerprint density at radius 2 is 1.90 bits per heavy atom. The largest absolute Gasteiger partial charge is 0.313 e. The Hall–Kier alpha value is -0.810. The Labute approximate surface area is 122 Å². The fourth-order valence-corrected chi connectivity index (χ4v) is 3.96. The number of nitrogens with one attached hydrogen (secondary N) is 1. The SMILES string of the molecule is CCCC(NCC)C(CC)S(=O)c1ccc(F)c(F)c1. The van der Waals surface area contributed by atoms with Gasteiger partial charge in [-0.1, -0.05) is 27.2 Å². The highest BCUT2D eigenvalue weighted by atomic mass is 32.2. The molecule has 0 fully saturated rings. The van der Waals surface area contributed by atoms with E-state index in [0.29, 0.717) is 4.90 Å². The van der Waals surface area contributed by atoms with Gasteiger partial charge >= 0.3 is 0 Å². The molecule has 0 bridgehead atoms. The van der Waals surface area contributed by atoms with Crippen LogP contribution in [0.15, 0.2) is 23.1 Å². The standard InChI is InChI=1S/C15H23F2NOS/c1-4-7-14(18-6-3)15(5-2)20(19)11-8-9-12(16)13(17)10-11/h8-10,14-15,18H,4-7H2,1-3H3. The molecule has 0 spiro atoms. The summed E-state index contributed by atoms with van der Waals surface area (Å²) in [4.78, 5) is 0.356. The van der Waals surface area contributed by atoms with Crippen LogP contribution in [0.4, 0.5) is 8.78 Å². The average Bonchev–Trinajstić information content (AvgIpc) is 2.43. The lowest BCUT2D eigenvalue weighted by Crippen LogP contribution is -2.41. The molecule has 0 aliphatic carbocycles. The Morgan fingerprint density at radius 1 is 1.20 bits per heavy atom. The summed E-state index contributed by atoms with van der Waals surface area (Å²) >= 11 is 0. The van der Waals surface area contributed by atoms with Gasteiger partial charge in [-0.3, -0.25) is 4.21 Å². The molecule has 1 aromatic rings. The summed E-state index contributed by atoms with van der Waals surface area (Å²) in [5.74, 6) is -1.85. The van der Waals surface area contributed by atoms with E-state index in [1.165, 1.54) is 6.07 Å². The van der Waals surface area contributed by atoms with Crippen LogP contribution in [0.3, 0.4) is 0 Å². The van der Waals surface area contributed by atoms with Crippen LogP contribution >= 0.6 is 0 Å². The molecule has 0 heterocycles. The third-order valence-corrected chi connectivity index (χ3v) is 5.25. The monoisotopic (exact) mass is 303 g/mol. The third-order valence-electron chi connectivity index (χ3n) is 3.32. The molecular formula is C15H23F2NOS. The van der Waals surface area contributed by atoms with Gasteiger partial charge in [0.25, 0.3) is 0 Å². The summed E-state index contributed by atoms with van der Waals surface area (Å²) in [6, 6.07) is 3.62. The second kappa shape index (κ2) is 8.47. The van der Waals surface area contributed by atoms with Crippen LogP contribution in [-0.2, 0) is 10.8 Å². The van der Waals surface area contributed by atoms with Gasteiger partial charge in [0, 0.05) is 10.9 Å². The molecule has 0 saturated heterocycles. The van der Waals surface area contributed by atoms with E-state index >= 15 is 0 Å². The lowest BCUT2D eigenvalue weighted by molar-refractivity contribution is 0.457. The van der Waals surface area contributed by atoms with Crippen LogP contribution in [0, 0.1) is 11.6 Å². The molecule has 1 aromatic carbocycles. The predicted molar refractivity (Wildman–Crippen MR) is 79.2 cm³/mol. The van der Waals surface area contributed by atoms with Crippen molar-refractivity contribution in [1.29, 1.82) is 0 Å². The molecule has 1 rings (SSSR count). The molecule has 2 nitrogen and oxygen atoms in total. The van der Waals surface area contributed by atoms with E-state index in [9.17, 15) is 13.0 Å². The zero-order valence-electron chi connectivity index (χ0n) is 12.3. The molecule has 20 heavy (non-hydrogen) atoms. The zero-order chi connectivity index (χ0) is 15.1. The Bertz CT molecular complexity index is 447. The molecule has 0 amide bonds. The number of rotatable bonds is 8. The van der Waals surface area contributed by atoms with Crippen LogP contribution in [0.1, 0.15) is 40.0 Å². The van der Waals surface area contributed by atoms with Gasteiger partial charge < -0.3 is 5.32 Å². The summed E-state index contributed by atoms with van der Waals surface area (Å²) in [5, 5.41) is 3.25. The van der Waals surface area contributed by atoms with Gasteiger partial charge in [0.05, 0.1) is 16.0 Å². The molecule has 0 radical (unpaired) electrons. The van der Waals surface area contributed by atoms with Crippen LogP contribution in [0.2, 0.25) is 0 Å². The van der Waals surface area contributed by atoms with E-state index < -0.39 is 22.4 Å². The lowest BCUT2D eigenvalue weighted by atomic mass is 10.1. The van der Waals surface area contributed by atoms with Crippen molar-refractivity contribution in [3.05, 3.63) is 29.8 Å². The van der Waals surface area contributed by atoms with Crippen molar-refractivity contribution >= 4 is 10.8 Å². The van der Waals surface area contributed by atoms with Gasteiger partial charge in [-0.25, -0.2) is 8.78 Å². The van der Waals surface area contributed by atoms with Crippen molar-refractivity contribution in [2.75, 3.05) is 6.54 Å². The van der Waals surface area contributed by atoms with Gasteiger partial charge in [-0.15, -0.1) is 0 Å². The molecule has 1 N–H and O–H groups in total. The van der Waals surface area contributed by atoms with E-state index in [0.717, 1.165) is 37.9 Å². The molecule has 0 aliphatic rings. The minimum Gasteiger partial charge on any atom is -0.313 e. The van der Waals surface area contributed by atoms with Crippen LogP contribution in [0.25, 0.3) is 0 Å². The van der Waals surface area contributed by atoms with E-state index in [-0.39, 0.29) is 11.3 Å². The minimum absolute atomic E-state index is 0.0974. The number of benzene rings is 1. The van der Waals surface area contributed by atoms with E-state index in [2.05, 4.69) is 12.2 Å². The maximum Gasteiger partial charge on any atom is 0.160 e. The summed E-state index contributed by atoms with van der Waals surface area (Å²) in [7, 11) is -1.34. The number of hydrogen-bond acceptors (Lipinski definition) is 2. The fraction of sp³-hybridized carbons (Fsp3) is 0.600. The van der Waals surface area contributed by atoms with Crippen molar-refractivity contribution in [3.8, 4) is 0 Å². The van der Waals surface area contributed by atoms with Crippen molar-refractivity contribution in [2.45, 2.75) is 56.2 Å². The first-order valence-corrected chi connectivity index (χ1v) is 8.35. The van der Waals surface area contributed by atoms with Gasteiger partial charge in [0.15, 0.2) is 11.6 Å². The highest BCUT2D eigenvalue weighted by molar-refractivity contribution is 7.85. The Balaban J connectivity index is 2.96. The van der Waals surface area contributed by atoms with Gasteiger partial charge in [0.2, 0.25) is 0 Å². The molecule has 0 aliphatic heterocycles. The maximum atomic E-state index is 13.3. The van der Waals surface area contributed by atoms with Crippen molar-refractivity contribution in [1.82, 2.24) is 5.32 Å². The molecule has 0 aromatic heterocycles. The Kier molecular flexibility index (Phi) is 7.30. The summed E-state index contributed by atoms with van der Waals surface area (Å²) in [5.41, 5.74) is 0. The predicted octanol–water partition coefficient (Wildman–Crippen LogP) is 3.63. The highest BCUT2D eigenvalue weighted by Crippen LogP contribution is 2.21. The smallest absolute Gasteiger partial charge is 0.160 e. The molecule has 3 unspecified atom stereocenters. The van der Waals surface area contributed by atoms with E-state index in [1.807, 2.05) is 13.8 Å². The average molecular weight is 303 g/mol. The maximum absolute atomic E-state index is 13.3. The molecule has 3 atom stereocenters. The van der Waals surface area contributed by atoms with Crippen molar-refractivity contribution in [3.63, 3.8) is 0 Å². The first-order valence-electron chi connectivity index (χ1n) is 7.14. The van der Waals surface area contributed by atoms with Gasteiger partial charge in [0.1, 0.15) is 0 Å². The zero-order valence-corrected chi connectivity index (χ0v) is 13.1. The van der Waals surface area contributed by atoms with E-state index in [4.69, 9.17) is 0 Å². The van der Waals surface area contributed by atoms with E-state index in [1.54, 1.807) is 0 Å². The second-order valence-electron chi connectivity index (χ2n) is 4.77. The first-order chi connectivity index (χ1) is 9.54.